The summed E-state index contributed by atoms with van der Waals surface area (Å²) in [5.41, 5.74) is 0.453. The van der Waals surface area contributed by atoms with Gasteiger partial charge in [0.05, 0.1) is 0 Å². The molecule has 0 radical (unpaired) electrons. The number of hydrogen-bond acceptors (Lipinski definition) is 3. The second kappa shape index (κ2) is 8.23. The predicted molar refractivity (Wildman–Crippen MR) is 84.7 cm³/mol. The van der Waals surface area contributed by atoms with E-state index in [-0.39, 0.29) is 0 Å². The van der Waals surface area contributed by atoms with Crippen molar-refractivity contribution >= 4 is 0 Å². The monoisotopic (exact) mass is 269 g/mol. The zero-order valence-electron chi connectivity index (χ0n) is 13.8. The van der Waals surface area contributed by atoms with Crippen LogP contribution < -0.4 is 5.32 Å². The highest BCUT2D eigenvalue weighted by Gasteiger charge is 2.19. The third kappa shape index (κ3) is 7.28. The maximum atomic E-state index is 3.58. The largest absolute Gasteiger partial charge is 0.315 e. The van der Waals surface area contributed by atoms with Crippen molar-refractivity contribution in [2.75, 3.05) is 45.8 Å². The molecular formula is C16H35N3. The molecule has 1 unspecified atom stereocenters. The Hall–Kier alpha value is -0.120. The molecule has 1 atom stereocenters. The first-order valence-electron chi connectivity index (χ1n) is 8.09. The highest BCUT2D eigenvalue weighted by molar-refractivity contribution is 4.76. The van der Waals surface area contributed by atoms with Gasteiger partial charge in [-0.3, -0.25) is 9.80 Å². The van der Waals surface area contributed by atoms with E-state index in [2.05, 4.69) is 49.7 Å². The van der Waals surface area contributed by atoms with Gasteiger partial charge in [-0.15, -0.1) is 0 Å². The van der Waals surface area contributed by atoms with Gasteiger partial charge in [-0.05, 0) is 31.7 Å². The molecule has 0 aromatic heterocycles. The number of rotatable bonds is 7. The van der Waals surface area contributed by atoms with Gasteiger partial charge in [0.1, 0.15) is 0 Å². The van der Waals surface area contributed by atoms with Crippen LogP contribution in [0.1, 0.15) is 47.5 Å². The van der Waals surface area contributed by atoms with Crippen LogP contribution in [0.3, 0.4) is 0 Å². The molecule has 0 saturated carbocycles. The molecule has 3 nitrogen and oxygen atoms in total. The lowest BCUT2D eigenvalue weighted by Gasteiger charge is -2.37. The predicted octanol–water partition coefficient (Wildman–Crippen LogP) is 2.43. The Morgan fingerprint density at radius 1 is 1.05 bits per heavy atom. The number of nitrogens with one attached hydrogen (secondary N) is 1. The van der Waals surface area contributed by atoms with Crippen molar-refractivity contribution in [3.8, 4) is 0 Å². The van der Waals surface area contributed by atoms with Crippen LogP contribution in [0.25, 0.3) is 0 Å². The lowest BCUT2D eigenvalue weighted by Crippen LogP contribution is -2.50. The van der Waals surface area contributed by atoms with Crippen LogP contribution in [0.2, 0.25) is 0 Å². The van der Waals surface area contributed by atoms with Crippen molar-refractivity contribution in [2.45, 2.75) is 53.5 Å². The van der Waals surface area contributed by atoms with E-state index in [0.29, 0.717) is 5.41 Å². The zero-order valence-corrected chi connectivity index (χ0v) is 13.8. The topological polar surface area (TPSA) is 18.5 Å². The molecule has 0 aromatic carbocycles. The Kier molecular flexibility index (Phi) is 7.33. The van der Waals surface area contributed by atoms with Crippen molar-refractivity contribution in [3.05, 3.63) is 0 Å². The molecule has 0 spiro atoms. The van der Waals surface area contributed by atoms with Crippen molar-refractivity contribution in [1.29, 1.82) is 0 Å². The second-order valence-corrected chi connectivity index (χ2v) is 7.20. The molecule has 1 rings (SSSR count). The van der Waals surface area contributed by atoms with Gasteiger partial charge in [0.15, 0.2) is 0 Å². The fourth-order valence-corrected chi connectivity index (χ4v) is 2.51. The summed E-state index contributed by atoms with van der Waals surface area (Å²) in [7, 11) is 0. The maximum Gasteiger partial charge on any atom is 0.0113 e. The average molecular weight is 269 g/mol. The number of nitrogens with zero attached hydrogens (tertiary/aromatic N) is 2. The standard InChI is InChI=1S/C16H35N3/c1-6-15(2)19-13-11-18(12-14-19)10-9-17-8-7-16(3,4)5/h15,17H,6-14H2,1-5H3. The maximum absolute atomic E-state index is 3.58. The lowest BCUT2D eigenvalue weighted by molar-refractivity contribution is 0.101. The first kappa shape index (κ1) is 16.9. The SMILES string of the molecule is CCC(C)N1CCN(CCNCCC(C)(C)C)CC1. The van der Waals surface area contributed by atoms with Crippen LogP contribution >= 0.6 is 0 Å². The van der Waals surface area contributed by atoms with Gasteiger partial charge in [-0.25, -0.2) is 0 Å². The summed E-state index contributed by atoms with van der Waals surface area (Å²) in [4.78, 5) is 5.23. The van der Waals surface area contributed by atoms with Crippen LogP contribution in [0, 0.1) is 5.41 Å². The van der Waals surface area contributed by atoms with E-state index in [4.69, 9.17) is 0 Å². The molecule has 1 fully saturated rings. The van der Waals surface area contributed by atoms with Crippen molar-refractivity contribution in [2.24, 2.45) is 5.41 Å². The average Bonchev–Trinajstić information content (AvgIpc) is 2.37. The molecule has 1 N–H and O–H groups in total. The molecule has 0 aromatic rings. The fraction of sp³-hybridized carbons (Fsp3) is 1.00. The summed E-state index contributed by atoms with van der Waals surface area (Å²) in [6.45, 7) is 20.0. The molecule has 19 heavy (non-hydrogen) atoms. The van der Waals surface area contributed by atoms with Gasteiger partial charge in [0.2, 0.25) is 0 Å². The first-order chi connectivity index (χ1) is 8.92. The van der Waals surface area contributed by atoms with E-state index in [9.17, 15) is 0 Å². The molecule has 1 heterocycles. The minimum absolute atomic E-state index is 0.453. The molecule has 1 aliphatic rings. The van der Waals surface area contributed by atoms with Crippen LogP contribution in [0.4, 0.5) is 0 Å². The smallest absolute Gasteiger partial charge is 0.0113 e. The van der Waals surface area contributed by atoms with Gasteiger partial charge < -0.3 is 5.32 Å². The zero-order chi connectivity index (χ0) is 14.3. The quantitative estimate of drug-likeness (QED) is 0.716. The summed E-state index contributed by atoms with van der Waals surface area (Å²) in [5, 5.41) is 3.58. The Morgan fingerprint density at radius 2 is 1.68 bits per heavy atom. The highest BCUT2D eigenvalue weighted by atomic mass is 15.3. The molecule has 0 bridgehead atoms. The van der Waals surface area contributed by atoms with Crippen LogP contribution in [0.15, 0.2) is 0 Å². The van der Waals surface area contributed by atoms with Crippen LogP contribution in [-0.4, -0.2) is 61.7 Å². The normalized spacial score (nSPS) is 20.7. The van der Waals surface area contributed by atoms with Crippen molar-refractivity contribution in [1.82, 2.24) is 15.1 Å². The van der Waals surface area contributed by atoms with Gasteiger partial charge in [0.25, 0.3) is 0 Å². The van der Waals surface area contributed by atoms with E-state index < -0.39 is 0 Å². The molecule has 114 valence electrons. The van der Waals surface area contributed by atoms with E-state index in [1.807, 2.05) is 0 Å². The Morgan fingerprint density at radius 3 is 2.21 bits per heavy atom. The summed E-state index contributed by atoms with van der Waals surface area (Å²) < 4.78 is 0. The van der Waals surface area contributed by atoms with Crippen LogP contribution in [0.5, 0.6) is 0 Å². The van der Waals surface area contributed by atoms with E-state index in [0.717, 1.165) is 19.1 Å². The molecule has 0 amide bonds. The summed E-state index contributed by atoms with van der Waals surface area (Å²) in [6.07, 6.45) is 2.53. The number of piperazine rings is 1. The third-order valence-electron chi connectivity index (χ3n) is 4.28. The van der Waals surface area contributed by atoms with E-state index in [1.54, 1.807) is 0 Å². The number of hydrogen-bond donors (Lipinski definition) is 1. The van der Waals surface area contributed by atoms with Crippen molar-refractivity contribution in [3.63, 3.8) is 0 Å². The summed E-state index contributed by atoms with van der Waals surface area (Å²) >= 11 is 0. The van der Waals surface area contributed by atoms with Gasteiger partial charge in [-0.1, -0.05) is 27.7 Å². The van der Waals surface area contributed by atoms with Crippen LogP contribution in [-0.2, 0) is 0 Å². The van der Waals surface area contributed by atoms with E-state index >= 15 is 0 Å². The fourth-order valence-electron chi connectivity index (χ4n) is 2.51. The highest BCUT2D eigenvalue weighted by Crippen LogP contribution is 2.16. The summed E-state index contributed by atoms with van der Waals surface area (Å²) in [6, 6.07) is 0.757. The molecule has 0 aliphatic carbocycles. The Bertz CT molecular complexity index is 227. The summed E-state index contributed by atoms with van der Waals surface area (Å²) in [5.74, 6) is 0. The minimum atomic E-state index is 0.453. The molecule has 1 aliphatic heterocycles. The third-order valence-corrected chi connectivity index (χ3v) is 4.28. The van der Waals surface area contributed by atoms with Gasteiger partial charge >= 0.3 is 0 Å². The molecule has 1 saturated heterocycles. The second-order valence-electron chi connectivity index (χ2n) is 7.20. The molecule has 3 heteroatoms. The van der Waals surface area contributed by atoms with Crippen molar-refractivity contribution < 1.29 is 0 Å². The first-order valence-corrected chi connectivity index (χ1v) is 8.09. The van der Waals surface area contributed by atoms with E-state index in [1.165, 1.54) is 45.6 Å². The Balaban J connectivity index is 2.04. The minimum Gasteiger partial charge on any atom is -0.315 e. The lowest BCUT2D eigenvalue weighted by atomic mass is 9.92. The Labute approximate surface area is 120 Å². The van der Waals surface area contributed by atoms with Gasteiger partial charge in [0, 0.05) is 45.3 Å². The molecular weight excluding hydrogens is 234 g/mol. The van der Waals surface area contributed by atoms with Gasteiger partial charge in [-0.2, -0.15) is 0 Å².